The fraction of sp³-hybridized carbons (Fsp3) is 0.714. The Morgan fingerprint density at radius 1 is 1.58 bits per heavy atom. The molecule has 0 saturated carbocycles. The van der Waals surface area contributed by atoms with E-state index in [-0.39, 0.29) is 0 Å². The van der Waals surface area contributed by atoms with Crippen LogP contribution in [0.2, 0.25) is 0 Å². The van der Waals surface area contributed by atoms with E-state index in [9.17, 15) is 0 Å². The lowest BCUT2D eigenvalue weighted by Crippen LogP contribution is -1.99. The molecule has 1 aromatic rings. The van der Waals surface area contributed by atoms with Gasteiger partial charge in [-0.1, -0.05) is 6.92 Å². The molecule has 0 aliphatic rings. The summed E-state index contributed by atoms with van der Waals surface area (Å²) in [5.74, 6) is 1.37. The second-order valence-corrected chi connectivity index (χ2v) is 2.46. The molecule has 68 valence electrons. The molecule has 0 radical (unpaired) electrons. The lowest BCUT2D eigenvalue weighted by atomic mass is 10.5. The molecular weight excluding hydrogens is 156 g/mol. The third kappa shape index (κ3) is 2.60. The molecule has 0 spiro atoms. The van der Waals surface area contributed by atoms with E-state index in [0.29, 0.717) is 19.0 Å². The van der Waals surface area contributed by atoms with Crippen LogP contribution < -0.4 is 5.73 Å². The number of H-pyrrole nitrogens is 1. The molecule has 0 aliphatic carbocycles. The van der Waals surface area contributed by atoms with Crippen molar-refractivity contribution in [1.82, 2.24) is 15.2 Å². The van der Waals surface area contributed by atoms with E-state index in [1.165, 1.54) is 0 Å². The predicted octanol–water partition coefficient (Wildman–Crippen LogP) is 0.190. The van der Waals surface area contributed by atoms with Gasteiger partial charge in [0.1, 0.15) is 6.61 Å². The van der Waals surface area contributed by atoms with Crippen molar-refractivity contribution in [3.05, 3.63) is 11.6 Å². The summed E-state index contributed by atoms with van der Waals surface area (Å²) in [5, 5.41) is 6.62. The fourth-order valence-electron chi connectivity index (χ4n) is 0.804. The molecule has 0 bridgehead atoms. The van der Waals surface area contributed by atoms with Gasteiger partial charge in [-0.2, -0.15) is 5.10 Å². The van der Waals surface area contributed by atoms with E-state index < -0.39 is 0 Å². The van der Waals surface area contributed by atoms with Gasteiger partial charge in [-0.15, -0.1) is 0 Å². The average Bonchev–Trinajstić information content (AvgIpc) is 2.53. The van der Waals surface area contributed by atoms with Crippen LogP contribution in [0.15, 0.2) is 0 Å². The van der Waals surface area contributed by atoms with E-state index in [1.807, 2.05) is 0 Å². The maximum atomic E-state index is 5.33. The molecule has 0 aliphatic heterocycles. The zero-order chi connectivity index (χ0) is 8.81. The molecule has 1 heterocycles. The quantitative estimate of drug-likeness (QED) is 0.618. The zero-order valence-corrected chi connectivity index (χ0v) is 7.21. The van der Waals surface area contributed by atoms with Gasteiger partial charge >= 0.3 is 0 Å². The first-order valence-electron chi connectivity index (χ1n) is 4.04. The van der Waals surface area contributed by atoms with Crippen molar-refractivity contribution in [3.63, 3.8) is 0 Å². The lowest BCUT2D eigenvalue weighted by molar-refractivity contribution is 0.116. The molecule has 0 fully saturated rings. The van der Waals surface area contributed by atoms with Crippen LogP contribution in [0.25, 0.3) is 0 Å². The first-order chi connectivity index (χ1) is 5.86. The number of nitrogens with zero attached hydrogens (tertiary/aromatic N) is 2. The Labute approximate surface area is 71.3 Å². The third-order valence-electron chi connectivity index (χ3n) is 1.35. The maximum Gasteiger partial charge on any atom is 0.164 e. The highest BCUT2D eigenvalue weighted by Crippen LogP contribution is 1.94. The topological polar surface area (TPSA) is 76.8 Å². The smallest absolute Gasteiger partial charge is 0.164 e. The number of rotatable bonds is 5. The van der Waals surface area contributed by atoms with Gasteiger partial charge in [0.05, 0.1) is 6.54 Å². The monoisotopic (exact) mass is 170 g/mol. The molecule has 0 amide bonds. The normalized spacial score (nSPS) is 10.5. The SMILES string of the molecule is CCCOCc1nc(CN)n[nH]1. The van der Waals surface area contributed by atoms with Crippen LogP contribution >= 0.6 is 0 Å². The Bertz CT molecular complexity index is 223. The van der Waals surface area contributed by atoms with Crippen molar-refractivity contribution in [2.24, 2.45) is 5.73 Å². The van der Waals surface area contributed by atoms with Gasteiger partial charge in [0.25, 0.3) is 0 Å². The van der Waals surface area contributed by atoms with E-state index in [0.717, 1.165) is 18.9 Å². The number of hydrogen-bond acceptors (Lipinski definition) is 4. The van der Waals surface area contributed by atoms with E-state index in [2.05, 4.69) is 22.1 Å². The highest BCUT2D eigenvalue weighted by atomic mass is 16.5. The fourth-order valence-corrected chi connectivity index (χ4v) is 0.804. The van der Waals surface area contributed by atoms with Crippen LogP contribution in [-0.2, 0) is 17.9 Å². The number of nitrogens with two attached hydrogens (primary N) is 1. The maximum absolute atomic E-state index is 5.33. The molecule has 0 aromatic carbocycles. The van der Waals surface area contributed by atoms with Crippen LogP contribution in [0.4, 0.5) is 0 Å². The Kier molecular flexibility index (Phi) is 3.69. The number of ether oxygens (including phenoxy) is 1. The van der Waals surface area contributed by atoms with Crippen molar-refractivity contribution in [1.29, 1.82) is 0 Å². The summed E-state index contributed by atoms with van der Waals surface area (Å²) in [6.07, 6.45) is 1.01. The standard InChI is InChI=1S/C7H14N4O/c1-2-3-12-5-7-9-6(4-8)10-11-7/h2-5,8H2,1H3,(H,9,10,11). The lowest BCUT2D eigenvalue weighted by Gasteiger charge is -1.96. The minimum Gasteiger partial charge on any atom is -0.373 e. The van der Waals surface area contributed by atoms with Gasteiger partial charge in [0.15, 0.2) is 11.6 Å². The summed E-state index contributed by atoms with van der Waals surface area (Å²) in [7, 11) is 0. The zero-order valence-electron chi connectivity index (χ0n) is 7.21. The Balaban J connectivity index is 2.31. The van der Waals surface area contributed by atoms with Gasteiger partial charge in [-0.3, -0.25) is 5.10 Å². The van der Waals surface area contributed by atoms with Crippen molar-refractivity contribution in [3.8, 4) is 0 Å². The molecule has 1 aromatic heterocycles. The third-order valence-corrected chi connectivity index (χ3v) is 1.35. The summed E-state index contributed by atoms with van der Waals surface area (Å²) < 4.78 is 5.25. The van der Waals surface area contributed by atoms with Gasteiger partial charge in [-0.25, -0.2) is 4.98 Å². The second-order valence-electron chi connectivity index (χ2n) is 2.46. The average molecular weight is 170 g/mol. The summed E-state index contributed by atoms with van der Waals surface area (Å²) in [4.78, 5) is 4.08. The minimum atomic E-state index is 0.365. The second kappa shape index (κ2) is 4.84. The van der Waals surface area contributed by atoms with Crippen molar-refractivity contribution < 1.29 is 4.74 Å². The number of aromatic nitrogens is 3. The van der Waals surface area contributed by atoms with Crippen molar-refractivity contribution >= 4 is 0 Å². The number of nitrogens with one attached hydrogen (secondary N) is 1. The molecule has 5 heteroatoms. The number of hydrogen-bond donors (Lipinski definition) is 2. The van der Waals surface area contributed by atoms with Crippen LogP contribution in [0.5, 0.6) is 0 Å². The molecule has 0 saturated heterocycles. The minimum absolute atomic E-state index is 0.365. The van der Waals surface area contributed by atoms with E-state index in [4.69, 9.17) is 10.5 Å². The van der Waals surface area contributed by atoms with Gasteiger partial charge in [0.2, 0.25) is 0 Å². The first-order valence-corrected chi connectivity index (χ1v) is 4.04. The van der Waals surface area contributed by atoms with Crippen molar-refractivity contribution in [2.45, 2.75) is 26.5 Å². The molecule has 3 N–H and O–H groups in total. The first kappa shape index (κ1) is 9.15. The van der Waals surface area contributed by atoms with Gasteiger partial charge in [0, 0.05) is 6.61 Å². The van der Waals surface area contributed by atoms with Crippen LogP contribution in [0.3, 0.4) is 0 Å². The van der Waals surface area contributed by atoms with Crippen LogP contribution in [0, 0.1) is 0 Å². The predicted molar refractivity (Wildman–Crippen MR) is 44.2 cm³/mol. The summed E-state index contributed by atoms with van der Waals surface area (Å²) in [5.41, 5.74) is 5.33. The number of aromatic amines is 1. The molecule has 1 rings (SSSR count). The van der Waals surface area contributed by atoms with E-state index in [1.54, 1.807) is 0 Å². The Morgan fingerprint density at radius 2 is 2.42 bits per heavy atom. The molecule has 12 heavy (non-hydrogen) atoms. The Hall–Kier alpha value is -0.940. The summed E-state index contributed by atoms with van der Waals surface area (Å²) in [6, 6.07) is 0. The highest BCUT2D eigenvalue weighted by Gasteiger charge is 1.99. The van der Waals surface area contributed by atoms with Gasteiger partial charge in [-0.05, 0) is 6.42 Å². The van der Waals surface area contributed by atoms with Crippen LogP contribution in [0.1, 0.15) is 25.0 Å². The van der Waals surface area contributed by atoms with E-state index >= 15 is 0 Å². The summed E-state index contributed by atoms with van der Waals surface area (Å²) in [6.45, 7) is 3.66. The summed E-state index contributed by atoms with van der Waals surface area (Å²) >= 11 is 0. The Morgan fingerprint density at radius 3 is 3.00 bits per heavy atom. The largest absolute Gasteiger partial charge is 0.373 e. The van der Waals surface area contributed by atoms with Crippen molar-refractivity contribution in [2.75, 3.05) is 6.61 Å². The molecule has 5 nitrogen and oxygen atoms in total. The molecule has 0 atom stereocenters. The highest BCUT2D eigenvalue weighted by molar-refractivity contribution is 4.87. The van der Waals surface area contributed by atoms with Gasteiger partial charge < -0.3 is 10.5 Å². The molecule has 0 unspecified atom stereocenters. The molecular formula is C7H14N4O. The van der Waals surface area contributed by atoms with Crippen LogP contribution in [-0.4, -0.2) is 21.8 Å².